The summed E-state index contributed by atoms with van der Waals surface area (Å²) in [5.74, 6) is -0.364. The number of hydrogen-bond donors (Lipinski definition) is 1. The van der Waals surface area contributed by atoms with Crippen LogP contribution in [-0.2, 0) is 4.74 Å². The van der Waals surface area contributed by atoms with Gasteiger partial charge in [-0.05, 0) is 25.4 Å². The molecule has 2 heterocycles. The summed E-state index contributed by atoms with van der Waals surface area (Å²) >= 11 is 1.32. The zero-order valence-electron chi connectivity index (χ0n) is 9.90. The summed E-state index contributed by atoms with van der Waals surface area (Å²) in [7, 11) is 1.77. The van der Waals surface area contributed by atoms with Gasteiger partial charge in [-0.3, -0.25) is 0 Å². The molecular weight excluding hydrogens is 238 g/mol. The van der Waals surface area contributed by atoms with Gasteiger partial charge in [0.2, 0.25) is 0 Å². The maximum atomic E-state index is 11.8. The van der Waals surface area contributed by atoms with Crippen molar-refractivity contribution in [3.05, 3.63) is 17.5 Å². The third kappa shape index (κ3) is 1.95. The van der Waals surface area contributed by atoms with Crippen LogP contribution in [-0.4, -0.2) is 29.0 Å². The Bertz CT molecular complexity index is 565. The first-order valence-corrected chi connectivity index (χ1v) is 6.06. The number of aryl methyl sites for hydroxylation is 1. The lowest BCUT2D eigenvalue weighted by Crippen LogP contribution is -2.09. The second-order valence-electron chi connectivity index (χ2n) is 3.47. The van der Waals surface area contributed by atoms with Crippen molar-refractivity contribution in [2.45, 2.75) is 13.8 Å². The second kappa shape index (κ2) is 4.67. The van der Waals surface area contributed by atoms with Gasteiger partial charge in [0.15, 0.2) is 0 Å². The first-order chi connectivity index (χ1) is 8.19. The summed E-state index contributed by atoms with van der Waals surface area (Å²) < 4.78 is 9.24. The van der Waals surface area contributed by atoms with E-state index in [4.69, 9.17) is 4.74 Å². The van der Waals surface area contributed by atoms with Gasteiger partial charge < -0.3 is 10.1 Å². The van der Waals surface area contributed by atoms with Gasteiger partial charge in [-0.15, -0.1) is 0 Å². The number of anilines is 1. The fraction of sp³-hybridized carbons (Fsp3) is 0.364. The van der Waals surface area contributed by atoms with Crippen LogP contribution in [0.3, 0.4) is 0 Å². The van der Waals surface area contributed by atoms with E-state index in [2.05, 4.69) is 14.7 Å². The molecule has 1 N–H and O–H groups in total. The van der Waals surface area contributed by atoms with Gasteiger partial charge >= 0.3 is 5.97 Å². The average molecular weight is 251 g/mol. The molecule has 0 bridgehead atoms. The van der Waals surface area contributed by atoms with Crippen LogP contribution in [0.15, 0.2) is 6.20 Å². The molecule has 0 aliphatic rings. The van der Waals surface area contributed by atoms with Crippen LogP contribution in [0.2, 0.25) is 0 Å². The third-order valence-electron chi connectivity index (χ3n) is 2.42. The first-order valence-electron chi connectivity index (χ1n) is 5.28. The van der Waals surface area contributed by atoms with Crippen LogP contribution >= 0.6 is 11.5 Å². The smallest absolute Gasteiger partial charge is 0.341 e. The van der Waals surface area contributed by atoms with E-state index in [0.29, 0.717) is 12.2 Å². The Hall–Kier alpha value is -1.69. The van der Waals surface area contributed by atoms with Crippen LogP contribution in [0, 0.1) is 6.92 Å². The molecule has 17 heavy (non-hydrogen) atoms. The predicted molar refractivity (Wildman–Crippen MR) is 67.7 cm³/mol. The summed E-state index contributed by atoms with van der Waals surface area (Å²) in [6, 6.07) is 0. The summed E-state index contributed by atoms with van der Waals surface area (Å²) in [5.41, 5.74) is 2.05. The molecule has 0 radical (unpaired) electrons. The number of nitrogens with one attached hydrogen (secondary N) is 1. The van der Waals surface area contributed by atoms with Gasteiger partial charge in [0.25, 0.3) is 0 Å². The molecule has 0 aliphatic carbocycles. The van der Waals surface area contributed by atoms with E-state index in [9.17, 15) is 4.79 Å². The maximum absolute atomic E-state index is 11.8. The average Bonchev–Trinajstić information content (AvgIpc) is 2.70. The van der Waals surface area contributed by atoms with Gasteiger partial charge in [-0.25, -0.2) is 9.78 Å². The molecule has 90 valence electrons. The monoisotopic (exact) mass is 251 g/mol. The van der Waals surface area contributed by atoms with Crippen molar-refractivity contribution < 1.29 is 9.53 Å². The molecule has 0 saturated heterocycles. The van der Waals surface area contributed by atoms with Gasteiger partial charge in [0, 0.05) is 13.2 Å². The fourth-order valence-electron chi connectivity index (χ4n) is 1.68. The van der Waals surface area contributed by atoms with E-state index in [-0.39, 0.29) is 5.97 Å². The molecule has 0 spiro atoms. The van der Waals surface area contributed by atoms with Crippen LogP contribution in [0.4, 0.5) is 5.69 Å². The molecule has 2 rings (SSSR count). The minimum atomic E-state index is -0.364. The van der Waals surface area contributed by atoms with E-state index >= 15 is 0 Å². The number of rotatable bonds is 3. The van der Waals surface area contributed by atoms with Crippen LogP contribution in [0.5, 0.6) is 0 Å². The minimum Gasteiger partial charge on any atom is -0.462 e. The summed E-state index contributed by atoms with van der Waals surface area (Å²) in [6.07, 6.45) is 1.53. The number of carbonyl (C=O) groups excluding carboxylic acids is 1. The van der Waals surface area contributed by atoms with E-state index in [1.165, 1.54) is 17.7 Å². The van der Waals surface area contributed by atoms with Crippen molar-refractivity contribution in [1.82, 2.24) is 9.36 Å². The lowest BCUT2D eigenvalue weighted by Gasteiger charge is -2.09. The van der Waals surface area contributed by atoms with E-state index in [0.717, 1.165) is 21.6 Å². The van der Waals surface area contributed by atoms with Crippen molar-refractivity contribution in [3.63, 3.8) is 0 Å². The maximum Gasteiger partial charge on any atom is 0.341 e. The second-order valence-corrected chi connectivity index (χ2v) is 4.22. The van der Waals surface area contributed by atoms with Crippen LogP contribution in [0.1, 0.15) is 23.0 Å². The molecule has 0 aromatic carbocycles. The fourth-order valence-corrected chi connectivity index (χ4v) is 2.43. The molecule has 6 heteroatoms. The Morgan fingerprint density at radius 2 is 2.35 bits per heavy atom. The van der Waals surface area contributed by atoms with Crippen molar-refractivity contribution in [2.75, 3.05) is 19.0 Å². The lowest BCUT2D eigenvalue weighted by molar-refractivity contribution is 0.0527. The highest BCUT2D eigenvalue weighted by Crippen LogP contribution is 2.30. The van der Waals surface area contributed by atoms with Gasteiger partial charge in [-0.2, -0.15) is 4.37 Å². The van der Waals surface area contributed by atoms with Crippen molar-refractivity contribution >= 4 is 33.4 Å². The number of esters is 1. The molecule has 0 amide bonds. The molecule has 0 aliphatic heterocycles. The topological polar surface area (TPSA) is 64.1 Å². The Balaban J connectivity index is 2.64. The first kappa shape index (κ1) is 11.8. The van der Waals surface area contributed by atoms with Crippen LogP contribution in [0.25, 0.3) is 10.2 Å². The largest absolute Gasteiger partial charge is 0.462 e. The quantitative estimate of drug-likeness (QED) is 0.847. The molecular formula is C11H13N3O2S. The number of nitrogens with zero attached hydrogens (tertiary/aromatic N) is 2. The van der Waals surface area contributed by atoms with Gasteiger partial charge in [0.05, 0.1) is 23.4 Å². The van der Waals surface area contributed by atoms with E-state index in [1.54, 1.807) is 14.0 Å². The van der Waals surface area contributed by atoms with Crippen molar-refractivity contribution in [2.24, 2.45) is 0 Å². The SMILES string of the molecule is CCOC(=O)c1cnc2snc(C)c2c1NC. The lowest BCUT2D eigenvalue weighted by atomic mass is 10.1. The molecule has 2 aromatic rings. The molecule has 0 atom stereocenters. The predicted octanol–water partition coefficient (Wildman–Crippen LogP) is 2.22. The zero-order chi connectivity index (χ0) is 12.4. The highest BCUT2D eigenvalue weighted by Gasteiger charge is 2.18. The Kier molecular flexibility index (Phi) is 3.23. The molecule has 2 aromatic heterocycles. The summed E-state index contributed by atoms with van der Waals surface area (Å²) in [6.45, 7) is 4.03. The van der Waals surface area contributed by atoms with Crippen molar-refractivity contribution in [1.29, 1.82) is 0 Å². The molecule has 0 unspecified atom stereocenters. The number of ether oxygens (including phenoxy) is 1. The third-order valence-corrected chi connectivity index (χ3v) is 3.27. The molecule has 0 saturated carbocycles. The van der Waals surface area contributed by atoms with Crippen LogP contribution < -0.4 is 5.32 Å². The highest BCUT2D eigenvalue weighted by molar-refractivity contribution is 7.13. The Morgan fingerprint density at radius 1 is 1.59 bits per heavy atom. The summed E-state index contributed by atoms with van der Waals surface area (Å²) in [4.78, 5) is 16.8. The number of carbonyl (C=O) groups is 1. The minimum absolute atomic E-state index is 0.348. The Morgan fingerprint density at radius 3 is 3.00 bits per heavy atom. The Labute approximate surface area is 103 Å². The zero-order valence-corrected chi connectivity index (χ0v) is 10.7. The molecule has 5 nitrogen and oxygen atoms in total. The number of fused-ring (bicyclic) bond motifs is 1. The standard InChI is InChI=1S/C11H13N3O2S/c1-4-16-11(15)7-5-13-10-8(9(7)12-3)6(2)14-17-10/h5H,4H2,1-3H3,(H,12,13). The number of hydrogen-bond acceptors (Lipinski definition) is 6. The van der Waals surface area contributed by atoms with E-state index in [1.807, 2.05) is 6.92 Å². The highest BCUT2D eigenvalue weighted by atomic mass is 32.1. The van der Waals surface area contributed by atoms with Gasteiger partial charge in [0.1, 0.15) is 10.4 Å². The number of aromatic nitrogens is 2. The number of pyridine rings is 1. The summed E-state index contributed by atoms with van der Waals surface area (Å²) in [5, 5.41) is 3.92. The normalized spacial score (nSPS) is 10.5. The molecule has 0 fully saturated rings. The van der Waals surface area contributed by atoms with Crippen molar-refractivity contribution in [3.8, 4) is 0 Å². The van der Waals surface area contributed by atoms with Gasteiger partial charge in [-0.1, -0.05) is 0 Å². The van der Waals surface area contributed by atoms with E-state index < -0.39 is 0 Å².